The number of pyridine rings is 1. The third kappa shape index (κ3) is 4.61. The fourth-order valence-electron chi connectivity index (χ4n) is 4.11. The first kappa shape index (κ1) is 24.8. The molecule has 0 saturated carbocycles. The molecule has 1 saturated heterocycles. The number of likely N-dealkylation sites (tertiary alicyclic amines) is 1. The van der Waals surface area contributed by atoms with E-state index in [9.17, 15) is 27.9 Å². The van der Waals surface area contributed by atoms with Crippen LogP contribution >= 0.6 is 0 Å². The summed E-state index contributed by atoms with van der Waals surface area (Å²) in [5, 5.41) is 11.3. The molecule has 1 amide bonds. The van der Waals surface area contributed by atoms with Crippen molar-refractivity contribution >= 4 is 17.4 Å². The number of carbonyl (C=O) groups excluding carboxylic acids is 2. The number of nitrogens with zero attached hydrogens (tertiary/aromatic N) is 2. The van der Waals surface area contributed by atoms with E-state index in [1.165, 1.54) is 50.9 Å². The van der Waals surface area contributed by atoms with Crippen LogP contribution in [0.15, 0.2) is 72.6 Å². The fourth-order valence-corrected chi connectivity index (χ4v) is 4.11. The third-order valence-corrected chi connectivity index (χ3v) is 5.81. The topological polar surface area (TPSA) is 89.0 Å². The summed E-state index contributed by atoms with van der Waals surface area (Å²) in [7, 11) is 2.80. The number of rotatable bonds is 6. The highest BCUT2D eigenvalue weighted by atomic mass is 19.4. The second-order valence-corrected chi connectivity index (χ2v) is 7.98. The van der Waals surface area contributed by atoms with Crippen LogP contribution in [0.2, 0.25) is 0 Å². The number of methoxy groups -OCH3 is 2. The highest BCUT2D eigenvalue weighted by Crippen LogP contribution is 2.42. The number of aromatic nitrogens is 1. The number of ether oxygens (including phenoxy) is 2. The summed E-state index contributed by atoms with van der Waals surface area (Å²) in [5.41, 5.74) is -0.448. The Morgan fingerprint density at radius 3 is 2.47 bits per heavy atom. The number of halogens is 3. The van der Waals surface area contributed by atoms with E-state index in [4.69, 9.17) is 9.47 Å². The van der Waals surface area contributed by atoms with Gasteiger partial charge >= 0.3 is 6.18 Å². The van der Waals surface area contributed by atoms with Crippen molar-refractivity contribution in [3.63, 3.8) is 0 Å². The Morgan fingerprint density at radius 1 is 1.06 bits per heavy atom. The minimum absolute atomic E-state index is 0.114. The first-order valence-electron chi connectivity index (χ1n) is 10.7. The second kappa shape index (κ2) is 9.73. The van der Waals surface area contributed by atoms with Gasteiger partial charge in [-0.3, -0.25) is 14.6 Å². The van der Waals surface area contributed by atoms with Crippen molar-refractivity contribution < 1.29 is 37.3 Å². The first-order chi connectivity index (χ1) is 17.2. The molecule has 2 heterocycles. The van der Waals surface area contributed by atoms with Crippen LogP contribution in [0.1, 0.15) is 28.3 Å². The Hall–Kier alpha value is -4.34. The van der Waals surface area contributed by atoms with Gasteiger partial charge in [0.25, 0.3) is 11.7 Å². The normalized spacial score (nSPS) is 17.4. The van der Waals surface area contributed by atoms with Crippen molar-refractivity contribution in [2.75, 3.05) is 14.2 Å². The predicted molar refractivity (Wildman–Crippen MR) is 123 cm³/mol. The van der Waals surface area contributed by atoms with Gasteiger partial charge in [-0.15, -0.1) is 0 Å². The lowest BCUT2D eigenvalue weighted by Crippen LogP contribution is -2.29. The van der Waals surface area contributed by atoms with E-state index in [1.54, 1.807) is 18.2 Å². The molecule has 186 valence electrons. The van der Waals surface area contributed by atoms with Gasteiger partial charge in [-0.05, 0) is 47.5 Å². The van der Waals surface area contributed by atoms with E-state index in [1.807, 2.05) is 0 Å². The summed E-state index contributed by atoms with van der Waals surface area (Å²) in [5.74, 6) is -1.87. The molecule has 0 radical (unpaired) electrons. The van der Waals surface area contributed by atoms with Crippen molar-refractivity contribution in [1.29, 1.82) is 0 Å². The maximum atomic E-state index is 13.2. The van der Waals surface area contributed by atoms with Crippen LogP contribution < -0.4 is 9.47 Å². The molecule has 3 aromatic rings. The van der Waals surface area contributed by atoms with E-state index < -0.39 is 35.2 Å². The SMILES string of the molecule is COc1ccc(OC)c(/C(O)=C2\C(=O)C(=O)N(Cc3cccc(C(F)(F)F)c3)C2c2cccnc2)c1. The third-order valence-electron chi connectivity index (χ3n) is 5.81. The van der Waals surface area contributed by atoms with Gasteiger partial charge in [-0.1, -0.05) is 18.2 Å². The number of hydrogen-bond donors (Lipinski definition) is 1. The molecule has 2 aromatic carbocycles. The smallest absolute Gasteiger partial charge is 0.416 e. The number of carbonyl (C=O) groups is 2. The summed E-state index contributed by atoms with van der Waals surface area (Å²) < 4.78 is 50.3. The molecule has 1 unspecified atom stereocenters. The maximum Gasteiger partial charge on any atom is 0.416 e. The molecule has 10 heteroatoms. The number of Topliss-reactive ketones (excluding diaryl/α,β-unsaturated/α-hetero) is 1. The number of benzene rings is 2. The van der Waals surface area contributed by atoms with Gasteiger partial charge in [-0.25, -0.2) is 0 Å². The standard InChI is InChI=1S/C26H21F3N2O5/c1-35-18-8-9-20(36-2)19(12-18)23(32)21-22(16-6-4-10-30-13-16)31(25(34)24(21)33)14-15-5-3-7-17(11-15)26(27,28)29/h3-13,22,32H,14H2,1-2H3/b23-21+. The van der Waals surface area contributed by atoms with Crippen LogP contribution in [0, 0.1) is 0 Å². The van der Waals surface area contributed by atoms with E-state index in [0.29, 0.717) is 11.3 Å². The van der Waals surface area contributed by atoms with Gasteiger partial charge in [0.1, 0.15) is 17.3 Å². The molecule has 1 fully saturated rings. The monoisotopic (exact) mass is 498 g/mol. The highest BCUT2D eigenvalue weighted by molar-refractivity contribution is 6.46. The Bertz CT molecular complexity index is 1340. The number of alkyl halides is 3. The lowest BCUT2D eigenvalue weighted by atomic mass is 9.95. The minimum atomic E-state index is -4.57. The van der Waals surface area contributed by atoms with Gasteiger partial charge < -0.3 is 19.5 Å². The number of amides is 1. The van der Waals surface area contributed by atoms with Crippen molar-refractivity contribution in [2.45, 2.75) is 18.8 Å². The molecule has 1 atom stereocenters. The van der Waals surface area contributed by atoms with E-state index >= 15 is 0 Å². The molecule has 1 aromatic heterocycles. The van der Waals surface area contributed by atoms with Crippen LogP contribution in [0.4, 0.5) is 13.2 Å². The van der Waals surface area contributed by atoms with E-state index in [-0.39, 0.29) is 29.0 Å². The molecule has 1 N–H and O–H groups in total. The lowest BCUT2D eigenvalue weighted by Gasteiger charge is -2.25. The van der Waals surface area contributed by atoms with Crippen LogP contribution in [0.25, 0.3) is 5.76 Å². The first-order valence-corrected chi connectivity index (χ1v) is 10.7. The van der Waals surface area contributed by atoms with Crippen molar-refractivity contribution in [3.05, 3.63) is 94.8 Å². The maximum absolute atomic E-state index is 13.2. The van der Waals surface area contributed by atoms with E-state index in [2.05, 4.69) is 4.98 Å². The van der Waals surface area contributed by atoms with Gasteiger partial charge in [-0.2, -0.15) is 13.2 Å². The van der Waals surface area contributed by atoms with Gasteiger partial charge in [0.15, 0.2) is 0 Å². The predicted octanol–water partition coefficient (Wildman–Crippen LogP) is 4.74. The van der Waals surface area contributed by atoms with Crippen LogP contribution in [0.5, 0.6) is 11.5 Å². The quantitative estimate of drug-likeness (QED) is 0.300. The van der Waals surface area contributed by atoms with Gasteiger partial charge in [0.05, 0.1) is 37.0 Å². The molecular formula is C26H21F3N2O5. The molecule has 0 aliphatic carbocycles. The molecule has 4 rings (SSSR count). The van der Waals surface area contributed by atoms with Gasteiger partial charge in [0, 0.05) is 18.9 Å². The summed E-state index contributed by atoms with van der Waals surface area (Å²) in [6.45, 7) is -0.305. The van der Waals surface area contributed by atoms with Crippen molar-refractivity contribution in [2.24, 2.45) is 0 Å². The largest absolute Gasteiger partial charge is 0.507 e. The van der Waals surface area contributed by atoms with Gasteiger partial charge in [0.2, 0.25) is 0 Å². The zero-order valence-corrected chi connectivity index (χ0v) is 19.2. The second-order valence-electron chi connectivity index (χ2n) is 7.98. The van der Waals surface area contributed by atoms with Crippen molar-refractivity contribution in [3.8, 4) is 11.5 Å². The number of aliphatic hydroxyl groups is 1. The average molecular weight is 498 g/mol. The molecule has 0 bridgehead atoms. The number of aliphatic hydroxyl groups excluding tert-OH is 1. The van der Waals surface area contributed by atoms with E-state index in [0.717, 1.165) is 17.0 Å². The Labute approximate surface area is 204 Å². The van der Waals surface area contributed by atoms with Crippen LogP contribution in [-0.4, -0.2) is 40.9 Å². The molecule has 1 aliphatic rings. The summed E-state index contributed by atoms with van der Waals surface area (Å²) in [4.78, 5) is 31.5. The summed E-state index contributed by atoms with van der Waals surface area (Å²) >= 11 is 0. The average Bonchev–Trinajstić information content (AvgIpc) is 3.13. The molecular weight excluding hydrogens is 477 g/mol. The lowest BCUT2D eigenvalue weighted by molar-refractivity contribution is -0.140. The number of hydrogen-bond acceptors (Lipinski definition) is 6. The summed E-state index contributed by atoms with van der Waals surface area (Å²) in [6.07, 6.45) is -1.66. The zero-order chi connectivity index (χ0) is 26.0. The molecule has 36 heavy (non-hydrogen) atoms. The van der Waals surface area contributed by atoms with Crippen LogP contribution in [-0.2, 0) is 22.3 Å². The van der Waals surface area contributed by atoms with Crippen molar-refractivity contribution in [1.82, 2.24) is 9.88 Å². The highest BCUT2D eigenvalue weighted by Gasteiger charge is 2.46. The molecule has 0 spiro atoms. The Balaban J connectivity index is 1.87. The zero-order valence-electron chi connectivity index (χ0n) is 19.2. The molecule has 7 nitrogen and oxygen atoms in total. The van der Waals surface area contributed by atoms with Crippen LogP contribution in [0.3, 0.4) is 0 Å². The Kier molecular flexibility index (Phi) is 6.69. The number of ketones is 1. The fraction of sp³-hybridized carbons (Fsp3) is 0.192. The Morgan fingerprint density at radius 2 is 1.83 bits per heavy atom. The minimum Gasteiger partial charge on any atom is -0.507 e. The molecule has 1 aliphatic heterocycles. The summed E-state index contributed by atoms with van der Waals surface area (Å²) in [6, 6.07) is 11.2.